The molecule has 0 aliphatic rings. The SMILES string of the molecule is Cc1ccc(CCCOc2ccc3c(=O)c4ccccc4sc3c2)c(C)c1. The second-order valence-electron chi connectivity index (χ2n) is 6.97. The number of hydrogen-bond donors (Lipinski definition) is 0. The minimum absolute atomic E-state index is 0.0979. The summed E-state index contributed by atoms with van der Waals surface area (Å²) in [5.74, 6) is 0.828. The van der Waals surface area contributed by atoms with Crippen LogP contribution in [0.2, 0.25) is 0 Å². The highest BCUT2D eigenvalue weighted by Crippen LogP contribution is 2.27. The van der Waals surface area contributed by atoms with Gasteiger partial charge in [-0.15, -0.1) is 11.3 Å². The van der Waals surface area contributed by atoms with Crippen molar-refractivity contribution in [3.05, 3.63) is 87.6 Å². The smallest absolute Gasteiger partial charge is 0.195 e. The highest BCUT2D eigenvalue weighted by molar-refractivity contribution is 7.24. The van der Waals surface area contributed by atoms with Gasteiger partial charge in [-0.2, -0.15) is 0 Å². The van der Waals surface area contributed by atoms with E-state index in [-0.39, 0.29) is 5.43 Å². The van der Waals surface area contributed by atoms with Crippen LogP contribution in [-0.4, -0.2) is 6.61 Å². The summed E-state index contributed by atoms with van der Waals surface area (Å²) in [6.45, 7) is 4.96. The fraction of sp³-hybridized carbons (Fsp3) is 0.208. The highest BCUT2D eigenvalue weighted by Gasteiger charge is 2.07. The van der Waals surface area contributed by atoms with Gasteiger partial charge in [0.2, 0.25) is 0 Å². The maximum Gasteiger partial charge on any atom is 0.195 e. The summed E-state index contributed by atoms with van der Waals surface area (Å²) >= 11 is 1.64. The van der Waals surface area contributed by atoms with Crippen molar-refractivity contribution in [2.45, 2.75) is 26.7 Å². The molecule has 0 saturated carbocycles. The van der Waals surface area contributed by atoms with Crippen LogP contribution in [0.1, 0.15) is 23.1 Å². The summed E-state index contributed by atoms with van der Waals surface area (Å²) in [4.78, 5) is 12.6. The Bertz CT molecular complexity index is 1170. The maximum atomic E-state index is 12.6. The first kappa shape index (κ1) is 17.7. The van der Waals surface area contributed by atoms with Crippen molar-refractivity contribution in [1.29, 1.82) is 0 Å². The van der Waals surface area contributed by atoms with Crippen molar-refractivity contribution in [3.63, 3.8) is 0 Å². The zero-order valence-electron chi connectivity index (χ0n) is 15.6. The van der Waals surface area contributed by atoms with Crippen molar-refractivity contribution < 1.29 is 4.74 Å². The fourth-order valence-corrected chi connectivity index (χ4v) is 4.55. The molecule has 0 fully saturated rings. The van der Waals surface area contributed by atoms with Gasteiger partial charge < -0.3 is 4.74 Å². The number of benzene rings is 3. The van der Waals surface area contributed by atoms with Gasteiger partial charge in [0.15, 0.2) is 5.43 Å². The number of fused-ring (bicyclic) bond motifs is 2. The van der Waals surface area contributed by atoms with E-state index in [9.17, 15) is 4.79 Å². The Morgan fingerprint density at radius 3 is 2.56 bits per heavy atom. The zero-order chi connectivity index (χ0) is 18.8. The van der Waals surface area contributed by atoms with Crippen molar-refractivity contribution in [2.75, 3.05) is 6.61 Å². The van der Waals surface area contributed by atoms with Crippen molar-refractivity contribution in [3.8, 4) is 5.75 Å². The number of rotatable bonds is 5. The summed E-state index contributed by atoms with van der Waals surface area (Å²) in [7, 11) is 0. The van der Waals surface area contributed by atoms with Crippen LogP contribution in [0.15, 0.2) is 65.5 Å². The Morgan fingerprint density at radius 2 is 1.70 bits per heavy atom. The molecule has 27 heavy (non-hydrogen) atoms. The molecular weight excluding hydrogens is 352 g/mol. The lowest BCUT2D eigenvalue weighted by atomic mass is 10.0. The average Bonchev–Trinajstić information content (AvgIpc) is 2.66. The van der Waals surface area contributed by atoms with E-state index in [1.807, 2.05) is 42.5 Å². The summed E-state index contributed by atoms with van der Waals surface area (Å²) < 4.78 is 7.95. The van der Waals surface area contributed by atoms with Crippen molar-refractivity contribution >= 4 is 31.5 Å². The molecule has 0 aliphatic carbocycles. The van der Waals surface area contributed by atoms with Gasteiger partial charge >= 0.3 is 0 Å². The van der Waals surface area contributed by atoms with Gasteiger partial charge in [-0.3, -0.25) is 4.79 Å². The second kappa shape index (κ2) is 7.53. The van der Waals surface area contributed by atoms with Crippen LogP contribution in [0, 0.1) is 13.8 Å². The van der Waals surface area contributed by atoms with E-state index in [2.05, 4.69) is 32.0 Å². The first-order valence-corrected chi connectivity index (χ1v) is 10.1. The van der Waals surface area contributed by atoms with E-state index in [1.165, 1.54) is 16.7 Å². The lowest BCUT2D eigenvalue weighted by Crippen LogP contribution is -2.02. The Labute approximate surface area is 163 Å². The van der Waals surface area contributed by atoms with Crippen LogP contribution >= 0.6 is 11.3 Å². The minimum atomic E-state index is 0.0979. The number of hydrogen-bond acceptors (Lipinski definition) is 3. The number of ether oxygens (including phenoxy) is 1. The third-order valence-electron chi connectivity index (χ3n) is 4.91. The summed E-state index contributed by atoms with van der Waals surface area (Å²) in [6, 6.07) is 20.2. The Balaban J connectivity index is 1.48. The molecule has 4 rings (SSSR count). The molecule has 0 atom stereocenters. The molecule has 0 bridgehead atoms. The molecule has 0 unspecified atom stereocenters. The van der Waals surface area contributed by atoms with Gasteiger partial charge in [-0.05, 0) is 68.1 Å². The van der Waals surface area contributed by atoms with E-state index in [0.29, 0.717) is 6.61 Å². The molecule has 0 spiro atoms. The van der Waals surface area contributed by atoms with Gasteiger partial charge in [0.05, 0.1) is 6.61 Å². The largest absolute Gasteiger partial charge is 0.494 e. The fourth-order valence-electron chi connectivity index (χ4n) is 3.45. The van der Waals surface area contributed by atoms with Crippen LogP contribution in [0.5, 0.6) is 5.75 Å². The molecule has 0 radical (unpaired) electrons. The van der Waals surface area contributed by atoms with Gasteiger partial charge in [0.1, 0.15) is 5.75 Å². The quantitative estimate of drug-likeness (QED) is 0.314. The molecule has 3 heteroatoms. The molecule has 0 N–H and O–H groups in total. The molecule has 0 aliphatic heterocycles. The number of aryl methyl sites for hydroxylation is 3. The molecule has 2 nitrogen and oxygen atoms in total. The van der Waals surface area contributed by atoms with Crippen LogP contribution < -0.4 is 10.2 Å². The molecule has 4 aromatic rings. The van der Waals surface area contributed by atoms with Crippen LogP contribution in [0.25, 0.3) is 20.2 Å². The third-order valence-corrected chi connectivity index (χ3v) is 6.04. The standard InChI is InChI=1S/C24H22O2S/c1-16-9-10-18(17(2)14-16)6-5-13-26-19-11-12-21-23(15-19)27-22-8-4-3-7-20(22)24(21)25/h3-4,7-12,14-15H,5-6,13H2,1-2H3. The lowest BCUT2D eigenvalue weighted by Gasteiger charge is -2.09. The van der Waals surface area contributed by atoms with E-state index in [1.54, 1.807) is 11.3 Å². The van der Waals surface area contributed by atoms with Gasteiger partial charge in [-0.1, -0.05) is 35.9 Å². The topological polar surface area (TPSA) is 26.3 Å². The van der Waals surface area contributed by atoms with E-state index in [4.69, 9.17) is 4.74 Å². The molecule has 3 aromatic carbocycles. The highest BCUT2D eigenvalue weighted by atomic mass is 32.1. The Kier molecular flexibility index (Phi) is 4.95. The summed E-state index contributed by atoms with van der Waals surface area (Å²) in [5, 5.41) is 1.55. The first-order valence-electron chi connectivity index (χ1n) is 9.26. The van der Waals surface area contributed by atoms with Gasteiger partial charge in [0, 0.05) is 20.2 Å². The summed E-state index contributed by atoms with van der Waals surface area (Å²) in [5.41, 5.74) is 4.13. The lowest BCUT2D eigenvalue weighted by molar-refractivity contribution is 0.311. The predicted octanol–water partition coefficient (Wildman–Crippen LogP) is 6.04. The monoisotopic (exact) mass is 374 g/mol. The van der Waals surface area contributed by atoms with Crippen LogP contribution in [0.4, 0.5) is 0 Å². The maximum absolute atomic E-state index is 12.6. The van der Waals surface area contributed by atoms with E-state index >= 15 is 0 Å². The Morgan fingerprint density at radius 1 is 0.889 bits per heavy atom. The van der Waals surface area contributed by atoms with Gasteiger partial charge in [0.25, 0.3) is 0 Å². The molecule has 0 amide bonds. The Hall–Kier alpha value is -2.65. The van der Waals surface area contributed by atoms with Crippen LogP contribution in [0.3, 0.4) is 0 Å². The predicted molar refractivity (Wildman–Crippen MR) is 115 cm³/mol. The second-order valence-corrected chi connectivity index (χ2v) is 8.05. The van der Waals surface area contributed by atoms with E-state index < -0.39 is 0 Å². The molecule has 1 aromatic heterocycles. The third kappa shape index (κ3) is 3.74. The van der Waals surface area contributed by atoms with Crippen molar-refractivity contribution in [1.82, 2.24) is 0 Å². The zero-order valence-corrected chi connectivity index (χ0v) is 16.4. The minimum Gasteiger partial charge on any atom is -0.494 e. The normalized spacial score (nSPS) is 11.2. The molecule has 1 heterocycles. The van der Waals surface area contributed by atoms with Crippen LogP contribution in [-0.2, 0) is 6.42 Å². The average molecular weight is 375 g/mol. The van der Waals surface area contributed by atoms with Crippen molar-refractivity contribution in [2.24, 2.45) is 0 Å². The molecule has 0 saturated heterocycles. The van der Waals surface area contributed by atoms with E-state index in [0.717, 1.165) is 38.8 Å². The summed E-state index contributed by atoms with van der Waals surface area (Å²) in [6.07, 6.45) is 1.98. The molecular formula is C24H22O2S. The van der Waals surface area contributed by atoms with Gasteiger partial charge in [-0.25, -0.2) is 0 Å². The molecule has 136 valence electrons. The first-order chi connectivity index (χ1) is 13.1.